The Hall–Kier alpha value is -10.8. The fourth-order valence-corrected chi connectivity index (χ4v) is 13.9. The summed E-state index contributed by atoms with van der Waals surface area (Å²) in [6.07, 6.45) is 0. The van der Waals surface area contributed by atoms with Crippen LogP contribution in [-0.4, -0.2) is 28.2 Å². The van der Waals surface area contributed by atoms with E-state index in [1.165, 1.54) is 0 Å². The SMILES string of the molecule is Cc1ccc2c(c1)c1cc(C)ccc1n2-c1c(C#N)c(-c2nc(-c3ccccc3)cc(-c3ccccc3)n2)c(-n2c3ccc(C)cc3c3cc(C)ccc32)c(-n2c3ccc(C)cc3c3cc(C)ccc32)c1-n1c2ccc(C)cc2c2cc(C)ccc21. The summed E-state index contributed by atoms with van der Waals surface area (Å²) in [6, 6.07) is 80.5. The molecule has 11 aromatic carbocycles. The van der Waals surface area contributed by atoms with Gasteiger partial charge in [0.25, 0.3) is 0 Å². The van der Waals surface area contributed by atoms with Crippen molar-refractivity contribution in [2.45, 2.75) is 55.4 Å². The Morgan fingerprint density at radius 2 is 0.523 bits per heavy atom. The summed E-state index contributed by atoms with van der Waals surface area (Å²) < 4.78 is 9.85. The molecule has 0 unspecified atom stereocenters. The number of nitrogens with zero attached hydrogens (tertiary/aromatic N) is 7. The lowest BCUT2D eigenvalue weighted by Crippen LogP contribution is -2.17. The minimum Gasteiger partial charge on any atom is -0.306 e. The van der Waals surface area contributed by atoms with Gasteiger partial charge in [0.05, 0.1) is 89.4 Å². The molecule has 5 heterocycles. The number of aromatic nitrogens is 6. The highest BCUT2D eigenvalue weighted by Crippen LogP contribution is 2.52. The minimum absolute atomic E-state index is 0.424. The molecule has 0 saturated carbocycles. The molecule has 0 saturated heterocycles. The molecule has 7 nitrogen and oxygen atoms in total. The Labute approximate surface area is 498 Å². The maximum absolute atomic E-state index is 13.2. The second-order valence-corrected chi connectivity index (χ2v) is 24.0. The zero-order valence-corrected chi connectivity index (χ0v) is 49.3. The molecule has 410 valence electrons. The molecule has 0 aliphatic carbocycles. The highest BCUT2D eigenvalue weighted by molar-refractivity contribution is 6.17. The van der Waals surface area contributed by atoms with Gasteiger partial charge in [-0.2, -0.15) is 5.26 Å². The summed E-state index contributed by atoms with van der Waals surface area (Å²) in [6.45, 7) is 17.4. The average molecular weight is 1110 g/mol. The summed E-state index contributed by atoms with van der Waals surface area (Å²) in [5.41, 5.74) is 24.9. The number of hydrogen-bond donors (Lipinski definition) is 0. The fourth-order valence-electron chi connectivity index (χ4n) is 13.9. The van der Waals surface area contributed by atoms with Crippen LogP contribution < -0.4 is 0 Å². The van der Waals surface area contributed by atoms with Gasteiger partial charge in [-0.25, -0.2) is 9.97 Å². The molecule has 0 fully saturated rings. The van der Waals surface area contributed by atoms with Crippen molar-refractivity contribution in [3.63, 3.8) is 0 Å². The quantitative estimate of drug-likeness (QED) is 0.160. The predicted octanol–water partition coefficient (Wildman–Crippen LogP) is 20.2. The highest BCUT2D eigenvalue weighted by atomic mass is 15.1. The lowest BCUT2D eigenvalue weighted by Gasteiger charge is -2.29. The number of benzene rings is 11. The molecule has 0 amide bonds. The Morgan fingerprint density at radius 1 is 0.279 bits per heavy atom. The highest BCUT2D eigenvalue weighted by Gasteiger charge is 2.36. The molecular formula is C79H59N7. The second kappa shape index (κ2) is 19.1. The van der Waals surface area contributed by atoms with Crippen LogP contribution in [0.15, 0.2) is 212 Å². The second-order valence-electron chi connectivity index (χ2n) is 24.0. The van der Waals surface area contributed by atoms with Crippen LogP contribution >= 0.6 is 0 Å². The van der Waals surface area contributed by atoms with Crippen LogP contribution in [0.3, 0.4) is 0 Å². The van der Waals surface area contributed by atoms with Gasteiger partial charge in [0.2, 0.25) is 0 Å². The van der Waals surface area contributed by atoms with Crippen molar-refractivity contribution in [1.29, 1.82) is 5.26 Å². The van der Waals surface area contributed by atoms with Gasteiger partial charge in [0.15, 0.2) is 5.82 Å². The molecule has 0 N–H and O–H groups in total. The lowest BCUT2D eigenvalue weighted by molar-refractivity contribution is 1.01. The van der Waals surface area contributed by atoms with E-state index in [1.807, 2.05) is 12.1 Å². The maximum Gasteiger partial charge on any atom is 0.164 e. The Morgan fingerprint density at radius 3 is 0.791 bits per heavy atom. The van der Waals surface area contributed by atoms with Crippen molar-refractivity contribution in [2.24, 2.45) is 0 Å². The zero-order chi connectivity index (χ0) is 58.4. The van der Waals surface area contributed by atoms with E-state index in [4.69, 9.17) is 9.97 Å². The largest absolute Gasteiger partial charge is 0.306 e. The van der Waals surface area contributed by atoms with Gasteiger partial charge < -0.3 is 18.3 Å². The van der Waals surface area contributed by atoms with E-state index in [0.29, 0.717) is 22.6 Å². The van der Waals surface area contributed by atoms with E-state index in [0.717, 1.165) is 171 Å². The predicted molar refractivity (Wildman–Crippen MR) is 358 cm³/mol. The van der Waals surface area contributed by atoms with Crippen LogP contribution in [0.2, 0.25) is 0 Å². The Kier molecular flexibility index (Phi) is 11.3. The standard InChI is InChI=1S/C79H59N7/c1-45-19-27-66-55(35-45)56-36-46(2)20-28-67(56)83(66)75-63(44-80)74(79-81-64(53-15-11-9-12-16-53)43-65(82-79)54-17-13-10-14-18-54)76(84-68-29-21-47(3)37-57(68)58-38-48(4)22-30-69(58)84)78(86-72-33-25-51(7)41-61(72)62-42-52(8)26-34-73(62)86)77(75)85-70-31-23-49(5)39-59(70)60-40-50(6)24-32-71(60)85/h9-43H,1-8H3. The van der Waals surface area contributed by atoms with Gasteiger partial charge in [0.1, 0.15) is 6.07 Å². The summed E-state index contributed by atoms with van der Waals surface area (Å²) in [5.74, 6) is 0.424. The van der Waals surface area contributed by atoms with E-state index >= 15 is 0 Å². The Balaban J connectivity index is 1.28. The van der Waals surface area contributed by atoms with Gasteiger partial charge in [0, 0.05) is 54.2 Å². The van der Waals surface area contributed by atoms with E-state index in [2.05, 4.69) is 280 Å². The van der Waals surface area contributed by atoms with Crippen molar-refractivity contribution in [1.82, 2.24) is 28.2 Å². The molecule has 0 radical (unpaired) electrons. The molecule has 16 aromatic rings. The third-order valence-electron chi connectivity index (χ3n) is 17.8. The molecular weight excluding hydrogens is 1050 g/mol. The first kappa shape index (κ1) is 50.9. The van der Waals surface area contributed by atoms with Crippen LogP contribution in [0, 0.1) is 66.7 Å². The molecule has 7 heteroatoms. The average Bonchev–Trinajstić information content (AvgIpc) is 1.43. The van der Waals surface area contributed by atoms with E-state index in [-0.39, 0.29) is 0 Å². The monoisotopic (exact) mass is 1110 g/mol. The van der Waals surface area contributed by atoms with Gasteiger partial charge >= 0.3 is 0 Å². The van der Waals surface area contributed by atoms with Crippen LogP contribution in [0.1, 0.15) is 50.1 Å². The number of rotatable bonds is 7. The van der Waals surface area contributed by atoms with Crippen molar-refractivity contribution in [3.8, 4) is 62.7 Å². The summed E-state index contributed by atoms with van der Waals surface area (Å²) in [4.78, 5) is 11.6. The van der Waals surface area contributed by atoms with Gasteiger partial charge in [-0.3, -0.25) is 0 Å². The number of hydrogen-bond acceptors (Lipinski definition) is 3. The van der Waals surface area contributed by atoms with E-state index < -0.39 is 0 Å². The van der Waals surface area contributed by atoms with Gasteiger partial charge in [-0.1, -0.05) is 154 Å². The smallest absolute Gasteiger partial charge is 0.164 e. The normalized spacial score (nSPS) is 11.9. The molecule has 0 aliphatic rings. The van der Waals surface area contributed by atoms with Crippen molar-refractivity contribution < 1.29 is 0 Å². The topological polar surface area (TPSA) is 69.3 Å². The molecule has 0 atom stereocenters. The first-order valence-corrected chi connectivity index (χ1v) is 29.6. The zero-order valence-electron chi connectivity index (χ0n) is 49.3. The van der Waals surface area contributed by atoms with Gasteiger partial charge in [-0.15, -0.1) is 0 Å². The molecule has 16 rings (SSSR count). The van der Waals surface area contributed by atoms with Crippen LogP contribution in [0.4, 0.5) is 0 Å². The molecule has 5 aromatic heterocycles. The Bertz CT molecular complexity index is 5330. The van der Waals surface area contributed by atoms with E-state index in [1.54, 1.807) is 0 Å². The van der Waals surface area contributed by atoms with E-state index in [9.17, 15) is 5.26 Å². The third kappa shape index (κ3) is 7.66. The summed E-state index contributed by atoms with van der Waals surface area (Å²) in [5, 5.41) is 22.1. The molecule has 0 bridgehead atoms. The number of aryl methyl sites for hydroxylation is 8. The lowest BCUT2D eigenvalue weighted by atomic mass is 9.96. The third-order valence-corrected chi connectivity index (χ3v) is 17.8. The van der Waals surface area contributed by atoms with Gasteiger partial charge in [-0.05, 0) is 159 Å². The van der Waals surface area contributed by atoms with Crippen molar-refractivity contribution >= 4 is 87.2 Å². The first-order chi connectivity index (χ1) is 41.9. The summed E-state index contributed by atoms with van der Waals surface area (Å²) in [7, 11) is 0. The first-order valence-electron chi connectivity index (χ1n) is 29.6. The number of nitriles is 1. The van der Waals surface area contributed by atoms with Crippen LogP contribution in [0.5, 0.6) is 0 Å². The van der Waals surface area contributed by atoms with Crippen LogP contribution in [-0.2, 0) is 0 Å². The maximum atomic E-state index is 13.2. The molecule has 0 aliphatic heterocycles. The molecule has 86 heavy (non-hydrogen) atoms. The van der Waals surface area contributed by atoms with Crippen molar-refractivity contribution in [2.75, 3.05) is 0 Å². The molecule has 0 spiro atoms. The van der Waals surface area contributed by atoms with Crippen LogP contribution in [0.25, 0.3) is 144 Å². The minimum atomic E-state index is 0.424. The fraction of sp³-hybridized carbons (Fsp3) is 0.101. The number of fused-ring (bicyclic) bond motifs is 12. The summed E-state index contributed by atoms with van der Waals surface area (Å²) >= 11 is 0. The van der Waals surface area contributed by atoms with Crippen molar-refractivity contribution in [3.05, 3.63) is 262 Å².